The first-order valence-electron chi connectivity index (χ1n) is 11.2. The number of para-hydroxylation sites is 2. The van der Waals surface area contributed by atoms with Gasteiger partial charge in [-0.1, -0.05) is 12.1 Å². The molecular weight excluding hydrogens is 386 g/mol. The van der Waals surface area contributed by atoms with Crippen molar-refractivity contribution >= 4 is 28.1 Å². The molecule has 6 heteroatoms. The summed E-state index contributed by atoms with van der Waals surface area (Å²) in [5.41, 5.74) is 4.72. The predicted octanol–water partition coefficient (Wildman–Crippen LogP) is 4.22. The topological polar surface area (TPSA) is 44.7 Å². The number of benzene rings is 2. The summed E-state index contributed by atoms with van der Waals surface area (Å²) >= 11 is 0. The summed E-state index contributed by atoms with van der Waals surface area (Å²) in [4.78, 5) is 17.1. The number of ether oxygens (including phenoxy) is 1. The Morgan fingerprint density at radius 3 is 2.35 bits per heavy atom. The molecule has 5 rings (SSSR count). The Hall–Kier alpha value is -3.02. The highest BCUT2D eigenvalue weighted by atomic mass is 16.5. The number of fused-ring (bicyclic) bond motifs is 1. The molecule has 1 aliphatic heterocycles. The largest absolute Gasteiger partial charge is 0.495 e. The summed E-state index contributed by atoms with van der Waals surface area (Å²) in [7, 11) is 5.93. The minimum Gasteiger partial charge on any atom is -0.495 e. The zero-order valence-electron chi connectivity index (χ0n) is 18.9. The van der Waals surface area contributed by atoms with Crippen molar-refractivity contribution in [3.63, 3.8) is 0 Å². The standard InChI is InChI=1S/C25H31N5O/c1-17-15-20-19(16-22(17)28(2)3)25(27-24(26-20)18-9-10-18)30-13-11-29(12-14-30)21-7-5-6-8-23(21)31-4/h5-8,15-16,18H,9-14H2,1-4H3. The Balaban J connectivity index is 1.49. The molecule has 2 fully saturated rings. The van der Waals surface area contributed by atoms with E-state index in [1.54, 1.807) is 7.11 Å². The van der Waals surface area contributed by atoms with Crippen LogP contribution in [0.5, 0.6) is 5.75 Å². The molecule has 0 atom stereocenters. The highest BCUT2D eigenvalue weighted by Crippen LogP contribution is 2.41. The zero-order valence-corrected chi connectivity index (χ0v) is 18.9. The van der Waals surface area contributed by atoms with Gasteiger partial charge >= 0.3 is 0 Å². The SMILES string of the molecule is COc1ccccc1N1CCN(c2nc(C3CC3)nc3cc(C)c(N(C)C)cc23)CC1. The van der Waals surface area contributed by atoms with Crippen LogP contribution < -0.4 is 19.4 Å². The molecule has 0 bridgehead atoms. The Labute approximate surface area is 184 Å². The molecular formula is C25H31N5O. The van der Waals surface area contributed by atoms with E-state index in [-0.39, 0.29) is 0 Å². The van der Waals surface area contributed by atoms with Gasteiger partial charge in [0.2, 0.25) is 0 Å². The maximum absolute atomic E-state index is 5.58. The van der Waals surface area contributed by atoms with E-state index in [1.807, 2.05) is 12.1 Å². The van der Waals surface area contributed by atoms with Crippen LogP contribution in [0.4, 0.5) is 17.2 Å². The van der Waals surface area contributed by atoms with Crippen LogP contribution in [0.2, 0.25) is 0 Å². The lowest BCUT2D eigenvalue weighted by Crippen LogP contribution is -2.47. The fourth-order valence-corrected chi connectivity index (χ4v) is 4.57. The second-order valence-corrected chi connectivity index (χ2v) is 8.88. The Bertz CT molecular complexity index is 1100. The summed E-state index contributed by atoms with van der Waals surface area (Å²) in [6.07, 6.45) is 2.42. The molecule has 0 radical (unpaired) electrons. The molecule has 3 aromatic rings. The Morgan fingerprint density at radius 2 is 1.68 bits per heavy atom. The average molecular weight is 418 g/mol. The second kappa shape index (κ2) is 7.91. The Morgan fingerprint density at radius 1 is 0.968 bits per heavy atom. The van der Waals surface area contributed by atoms with Gasteiger partial charge in [-0.15, -0.1) is 0 Å². The van der Waals surface area contributed by atoms with E-state index < -0.39 is 0 Å². The van der Waals surface area contributed by atoms with E-state index in [4.69, 9.17) is 14.7 Å². The minimum absolute atomic E-state index is 0.534. The van der Waals surface area contributed by atoms with Crippen LogP contribution in [0.3, 0.4) is 0 Å². The predicted molar refractivity (Wildman–Crippen MR) is 128 cm³/mol. The van der Waals surface area contributed by atoms with E-state index >= 15 is 0 Å². The van der Waals surface area contributed by atoms with Crippen LogP contribution in [0.1, 0.15) is 30.1 Å². The number of aromatic nitrogens is 2. The molecule has 0 spiro atoms. The lowest BCUT2D eigenvalue weighted by Gasteiger charge is -2.37. The quantitative estimate of drug-likeness (QED) is 0.619. The molecule has 0 N–H and O–H groups in total. The van der Waals surface area contributed by atoms with E-state index in [0.29, 0.717) is 5.92 Å². The number of anilines is 3. The monoisotopic (exact) mass is 417 g/mol. The van der Waals surface area contributed by atoms with Gasteiger partial charge in [0.1, 0.15) is 17.4 Å². The molecule has 31 heavy (non-hydrogen) atoms. The summed E-state index contributed by atoms with van der Waals surface area (Å²) in [6.45, 7) is 5.91. The molecule has 2 aromatic carbocycles. The molecule has 1 aromatic heterocycles. The van der Waals surface area contributed by atoms with Crippen molar-refractivity contribution in [3.8, 4) is 5.75 Å². The normalized spacial score (nSPS) is 16.6. The molecule has 162 valence electrons. The molecule has 1 saturated heterocycles. The summed E-state index contributed by atoms with van der Waals surface area (Å²) in [6, 6.07) is 12.8. The van der Waals surface area contributed by atoms with Crippen molar-refractivity contribution in [1.29, 1.82) is 0 Å². The van der Waals surface area contributed by atoms with Gasteiger partial charge in [-0.2, -0.15) is 0 Å². The number of piperazine rings is 1. The summed E-state index contributed by atoms with van der Waals surface area (Å²) in [5.74, 6) is 3.58. The van der Waals surface area contributed by atoms with Crippen molar-refractivity contribution in [1.82, 2.24) is 9.97 Å². The first kappa shape index (κ1) is 19.9. The van der Waals surface area contributed by atoms with Crippen LogP contribution in [-0.4, -0.2) is 57.4 Å². The lowest BCUT2D eigenvalue weighted by atomic mass is 10.1. The highest BCUT2D eigenvalue weighted by molar-refractivity contribution is 5.93. The van der Waals surface area contributed by atoms with Gasteiger partial charge in [-0.3, -0.25) is 0 Å². The number of aryl methyl sites for hydroxylation is 1. The van der Waals surface area contributed by atoms with Crippen molar-refractivity contribution in [2.75, 3.05) is 62.1 Å². The van der Waals surface area contributed by atoms with E-state index in [1.165, 1.54) is 29.8 Å². The van der Waals surface area contributed by atoms with Gasteiger partial charge < -0.3 is 19.4 Å². The van der Waals surface area contributed by atoms with E-state index in [2.05, 4.69) is 60.0 Å². The number of methoxy groups -OCH3 is 1. The molecule has 1 saturated carbocycles. The third-order valence-corrected chi connectivity index (χ3v) is 6.44. The number of hydrogen-bond donors (Lipinski definition) is 0. The van der Waals surface area contributed by atoms with Crippen molar-refractivity contribution in [3.05, 3.63) is 47.8 Å². The zero-order chi connectivity index (χ0) is 21.5. The van der Waals surface area contributed by atoms with Gasteiger partial charge in [-0.05, 0) is 49.6 Å². The lowest BCUT2D eigenvalue weighted by molar-refractivity contribution is 0.413. The Kier molecular flexibility index (Phi) is 5.08. The van der Waals surface area contributed by atoms with Crippen LogP contribution in [0, 0.1) is 6.92 Å². The average Bonchev–Trinajstić information content (AvgIpc) is 3.63. The third kappa shape index (κ3) is 3.75. The maximum Gasteiger partial charge on any atom is 0.142 e. The smallest absolute Gasteiger partial charge is 0.142 e. The van der Waals surface area contributed by atoms with E-state index in [9.17, 15) is 0 Å². The van der Waals surface area contributed by atoms with Crippen LogP contribution in [0.15, 0.2) is 36.4 Å². The fourth-order valence-electron chi connectivity index (χ4n) is 4.57. The molecule has 1 aliphatic carbocycles. The number of nitrogens with zero attached hydrogens (tertiary/aromatic N) is 5. The van der Waals surface area contributed by atoms with Gasteiger partial charge in [-0.25, -0.2) is 9.97 Å². The summed E-state index contributed by atoms with van der Waals surface area (Å²) < 4.78 is 5.58. The first-order valence-corrected chi connectivity index (χ1v) is 11.2. The molecule has 2 heterocycles. The number of rotatable bonds is 5. The fraction of sp³-hybridized carbons (Fsp3) is 0.440. The second-order valence-electron chi connectivity index (χ2n) is 8.88. The minimum atomic E-state index is 0.534. The first-order chi connectivity index (χ1) is 15.0. The van der Waals surface area contributed by atoms with Crippen molar-refractivity contribution in [2.24, 2.45) is 0 Å². The van der Waals surface area contributed by atoms with Gasteiger partial charge in [0.15, 0.2) is 0 Å². The van der Waals surface area contributed by atoms with Gasteiger partial charge in [0.25, 0.3) is 0 Å². The van der Waals surface area contributed by atoms with Crippen LogP contribution in [-0.2, 0) is 0 Å². The molecule has 0 unspecified atom stereocenters. The van der Waals surface area contributed by atoms with Crippen LogP contribution >= 0.6 is 0 Å². The number of hydrogen-bond acceptors (Lipinski definition) is 6. The highest BCUT2D eigenvalue weighted by Gasteiger charge is 2.29. The molecule has 2 aliphatic rings. The summed E-state index contributed by atoms with van der Waals surface area (Å²) in [5, 5.41) is 1.16. The van der Waals surface area contributed by atoms with Gasteiger partial charge in [0.05, 0.1) is 18.3 Å². The van der Waals surface area contributed by atoms with E-state index in [0.717, 1.165) is 54.5 Å². The van der Waals surface area contributed by atoms with Crippen molar-refractivity contribution in [2.45, 2.75) is 25.7 Å². The third-order valence-electron chi connectivity index (χ3n) is 6.44. The van der Waals surface area contributed by atoms with Crippen LogP contribution in [0.25, 0.3) is 10.9 Å². The van der Waals surface area contributed by atoms with Gasteiger partial charge in [0, 0.05) is 57.3 Å². The maximum atomic E-state index is 5.58. The van der Waals surface area contributed by atoms with Crippen molar-refractivity contribution < 1.29 is 4.74 Å². The molecule has 0 amide bonds. The molecule has 6 nitrogen and oxygen atoms in total.